The maximum Gasteiger partial charge on any atom is 0.387 e. The van der Waals surface area contributed by atoms with Gasteiger partial charge in [0.1, 0.15) is 11.6 Å². The number of hydrogen-bond donors (Lipinski definition) is 0. The van der Waals surface area contributed by atoms with Crippen molar-refractivity contribution in [3.05, 3.63) is 28.5 Å². The van der Waals surface area contributed by atoms with Crippen LogP contribution in [0.4, 0.5) is 13.2 Å². The SMILES string of the molecule is Fc1ccc(OC(F)F)cc1Br. The lowest BCUT2D eigenvalue weighted by molar-refractivity contribution is -0.0499. The third kappa shape index (κ3) is 2.41. The summed E-state index contributed by atoms with van der Waals surface area (Å²) in [5, 5.41) is 0. The second-order valence-electron chi connectivity index (χ2n) is 1.95. The summed E-state index contributed by atoms with van der Waals surface area (Å²) in [6.07, 6.45) is 0. The first-order valence-electron chi connectivity index (χ1n) is 2.99. The molecule has 0 aliphatic heterocycles. The van der Waals surface area contributed by atoms with E-state index in [4.69, 9.17) is 0 Å². The lowest BCUT2D eigenvalue weighted by Gasteiger charge is -2.04. The smallest absolute Gasteiger partial charge is 0.387 e. The molecular weight excluding hydrogens is 237 g/mol. The zero-order chi connectivity index (χ0) is 9.14. The van der Waals surface area contributed by atoms with Crippen LogP contribution in [0.1, 0.15) is 0 Å². The number of ether oxygens (including phenoxy) is 1. The highest BCUT2D eigenvalue weighted by Crippen LogP contribution is 2.22. The van der Waals surface area contributed by atoms with Gasteiger partial charge in [0.2, 0.25) is 0 Å². The molecule has 0 bridgehead atoms. The van der Waals surface area contributed by atoms with Crippen LogP contribution < -0.4 is 4.74 Å². The summed E-state index contributed by atoms with van der Waals surface area (Å²) in [6.45, 7) is -2.89. The van der Waals surface area contributed by atoms with Gasteiger partial charge in [-0.3, -0.25) is 0 Å². The second-order valence-corrected chi connectivity index (χ2v) is 2.81. The molecule has 0 aliphatic carbocycles. The molecule has 12 heavy (non-hydrogen) atoms. The lowest BCUT2D eigenvalue weighted by Crippen LogP contribution is -2.01. The molecule has 0 radical (unpaired) electrons. The van der Waals surface area contributed by atoms with Crippen LogP contribution in [-0.2, 0) is 0 Å². The second kappa shape index (κ2) is 3.80. The van der Waals surface area contributed by atoms with Gasteiger partial charge in [0.15, 0.2) is 0 Å². The quantitative estimate of drug-likeness (QED) is 0.772. The third-order valence-corrected chi connectivity index (χ3v) is 1.72. The first-order valence-corrected chi connectivity index (χ1v) is 3.79. The standard InChI is InChI=1S/C7H4BrF3O/c8-5-3-4(12-7(10)11)1-2-6(5)9/h1-3,7H. The van der Waals surface area contributed by atoms with Crippen LogP contribution in [0.2, 0.25) is 0 Å². The van der Waals surface area contributed by atoms with Crippen LogP contribution in [0.25, 0.3) is 0 Å². The largest absolute Gasteiger partial charge is 0.435 e. The Hall–Kier alpha value is -0.710. The molecule has 0 unspecified atom stereocenters. The van der Waals surface area contributed by atoms with E-state index in [9.17, 15) is 13.2 Å². The van der Waals surface area contributed by atoms with Gasteiger partial charge < -0.3 is 4.74 Å². The topological polar surface area (TPSA) is 9.23 Å². The van der Waals surface area contributed by atoms with Gasteiger partial charge in [-0.05, 0) is 34.1 Å². The van der Waals surface area contributed by atoms with Crippen molar-refractivity contribution in [2.45, 2.75) is 6.61 Å². The molecule has 1 nitrogen and oxygen atoms in total. The van der Waals surface area contributed by atoms with Crippen molar-refractivity contribution in [2.24, 2.45) is 0 Å². The lowest BCUT2D eigenvalue weighted by atomic mass is 10.3. The highest BCUT2D eigenvalue weighted by molar-refractivity contribution is 9.10. The fraction of sp³-hybridized carbons (Fsp3) is 0.143. The fourth-order valence-electron chi connectivity index (χ4n) is 0.653. The summed E-state index contributed by atoms with van der Waals surface area (Å²) in [6, 6.07) is 3.32. The van der Waals surface area contributed by atoms with Crippen LogP contribution >= 0.6 is 15.9 Å². The summed E-state index contributed by atoms with van der Waals surface area (Å²) in [5.41, 5.74) is 0. The van der Waals surface area contributed by atoms with Crippen LogP contribution in [0.3, 0.4) is 0 Å². The zero-order valence-electron chi connectivity index (χ0n) is 5.73. The first kappa shape index (κ1) is 9.38. The Morgan fingerprint density at radius 2 is 2.00 bits per heavy atom. The Morgan fingerprint density at radius 1 is 1.33 bits per heavy atom. The van der Waals surface area contributed by atoms with Gasteiger partial charge in [-0.25, -0.2) is 4.39 Å². The molecule has 1 rings (SSSR count). The molecule has 1 aromatic rings. The maximum atomic E-state index is 12.5. The number of halogens is 4. The van der Waals surface area contributed by atoms with Crippen molar-refractivity contribution in [1.29, 1.82) is 0 Å². The van der Waals surface area contributed by atoms with Gasteiger partial charge >= 0.3 is 6.61 Å². The van der Waals surface area contributed by atoms with E-state index in [1.54, 1.807) is 0 Å². The minimum Gasteiger partial charge on any atom is -0.435 e. The van der Waals surface area contributed by atoms with Gasteiger partial charge in [0.25, 0.3) is 0 Å². The van der Waals surface area contributed by atoms with Crippen LogP contribution in [0.15, 0.2) is 22.7 Å². The van der Waals surface area contributed by atoms with E-state index in [-0.39, 0.29) is 10.2 Å². The molecule has 0 saturated carbocycles. The van der Waals surface area contributed by atoms with Crippen molar-refractivity contribution in [2.75, 3.05) is 0 Å². The van der Waals surface area contributed by atoms with Gasteiger partial charge in [-0.15, -0.1) is 0 Å². The van der Waals surface area contributed by atoms with E-state index in [1.807, 2.05) is 0 Å². The molecule has 5 heteroatoms. The minimum atomic E-state index is -2.89. The summed E-state index contributed by atoms with van der Waals surface area (Å²) < 4.78 is 39.9. The molecule has 0 heterocycles. The van der Waals surface area contributed by atoms with Crippen LogP contribution in [0, 0.1) is 5.82 Å². The number of benzene rings is 1. The van der Waals surface area contributed by atoms with Crippen molar-refractivity contribution >= 4 is 15.9 Å². The summed E-state index contributed by atoms with van der Waals surface area (Å²) in [7, 11) is 0. The highest BCUT2D eigenvalue weighted by atomic mass is 79.9. The Kier molecular flexibility index (Phi) is 2.97. The predicted molar refractivity (Wildman–Crippen MR) is 40.7 cm³/mol. The monoisotopic (exact) mass is 240 g/mol. The molecule has 0 spiro atoms. The Labute approximate surface area is 75.3 Å². The zero-order valence-corrected chi connectivity index (χ0v) is 7.32. The first-order chi connectivity index (χ1) is 5.59. The molecule has 0 fully saturated rings. The molecule has 0 aliphatic rings. The van der Waals surface area contributed by atoms with Crippen molar-refractivity contribution in [3.8, 4) is 5.75 Å². The van der Waals surface area contributed by atoms with Crippen molar-refractivity contribution < 1.29 is 17.9 Å². The number of rotatable bonds is 2. The normalized spacial score (nSPS) is 10.4. The summed E-state index contributed by atoms with van der Waals surface area (Å²) in [4.78, 5) is 0. The minimum absolute atomic E-state index is 0.0710. The van der Waals surface area contributed by atoms with E-state index in [0.29, 0.717) is 0 Å². The summed E-state index contributed by atoms with van der Waals surface area (Å²) >= 11 is 2.84. The molecule has 0 N–H and O–H groups in total. The molecule has 1 aromatic carbocycles. The van der Waals surface area contributed by atoms with Gasteiger partial charge in [0.05, 0.1) is 4.47 Å². The van der Waals surface area contributed by atoms with E-state index >= 15 is 0 Å². The van der Waals surface area contributed by atoms with Crippen LogP contribution in [-0.4, -0.2) is 6.61 Å². The molecule has 0 saturated heterocycles. The van der Waals surface area contributed by atoms with E-state index in [0.717, 1.165) is 18.2 Å². The van der Waals surface area contributed by atoms with Gasteiger partial charge in [-0.1, -0.05) is 0 Å². The van der Waals surface area contributed by atoms with E-state index < -0.39 is 12.4 Å². The van der Waals surface area contributed by atoms with E-state index in [2.05, 4.69) is 20.7 Å². The predicted octanol–water partition coefficient (Wildman–Crippen LogP) is 3.19. The number of hydrogen-bond acceptors (Lipinski definition) is 1. The maximum absolute atomic E-state index is 12.5. The van der Waals surface area contributed by atoms with Gasteiger partial charge in [0, 0.05) is 0 Å². The average Bonchev–Trinajstić information content (AvgIpc) is 1.96. The highest BCUT2D eigenvalue weighted by Gasteiger charge is 2.06. The Balaban J connectivity index is 2.82. The number of alkyl halides is 2. The van der Waals surface area contributed by atoms with Crippen LogP contribution in [0.5, 0.6) is 5.75 Å². The third-order valence-electron chi connectivity index (χ3n) is 1.12. The molecule has 0 aromatic heterocycles. The molecule has 0 amide bonds. The average molecular weight is 241 g/mol. The summed E-state index contributed by atoms with van der Waals surface area (Å²) in [5.74, 6) is -0.588. The Bertz CT molecular complexity index is 277. The molecule has 0 atom stereocenters. The van der Waals surface area contributed by atoms with Crippen molar-refractivity contribution in [1.82, 2.24) is 0 Å². The fourth-order valence-corrected chi connectivity index (χ4v) is 1.01. The van der Waals surface area contributed by atoms with E-state index in [1.165, 1.54) is 0 Å². The molecule has 66 valence electrons. The Morgan fingerprint density at radius 3 is 2.50 bits per heavy atom. The van der Waals surface area contributed by atoms with Crippen molar-refractivity contribution in [3.63, 3.8) is 0 Å². The molecular formula is C7H4BrF3O. The van der Waals surface area contributed by atoms with Gasteiger partial charge in [-0.2, -0.15) is 8.78 Å².